The van der Waals surface area contributed by atoms with Crippen LogP contribution in [0.4, 0.5) is 0 Å². The van der Waals surface area contributed by atoms with Crippen molar-refractivity contribution in [2.24, 2.45) is 11.8 Å². The van der Waals surface area contributed by atoms with Crippen LogP contribution in [0.5, 0.6) is 0 Å². The van der Waals surface area contributed by atoms with E-state index in [1.54, 1.807) is 0 Å². The lowest BCUT2D eigenvalue weighted by atomic mass is 10.0. The molecule has 0 aromatic carbocycles. The van der Waals surface area contributed by atoms with Crippen molar-refractivity contribution in [2.45, 2.75) is 37.8 Å². The number of ether oxygens (including phenoxy) is 1. The molecule has 0 aromatic rings. The highest BCUT2D eigenvalue weighted by Crippen LogP contribution is 2.41. The zero-order valence-corrected chi connectivity index (χ0v) is 9.27. The summed E-state index contributed by atoms with van der Waals surface area (Å²) in [6.07, 6.45) is 5.64. The molecule has 2 saturated heterocycles. The third-order valence-corrected chi connectivity index (χ3v) is 4.23. The van der Waals surface area contributed by atoms with Crippen molar-refractivity contribution in [3.8, 4) is 0 Å². The highest BCUT2D eigenvalue weighted by Gasteiger charge is 2.44. The summed E-state index contributed by atoms with van der Waals surface area (Å²) in [6, 6.07) is 0.661. The average molecular weight is 211 g/mol. The molecule has 0 aromatic heterocycles. The summed E-state index contributed by atoms with van der Waals surface area (Å²) in [7, 11) is 0. The Balaban J connectivity index is 1.61. The second-order valence-electron chi connectivity index (χ2n) is 5.36. The first-order chi connectivity index (χ1) is 7.38. The predicted molar refractivity (Wildman–Crippen MR) is 57.6 cm³/mol. The fourth-order valence-electron chi connectivity index (χ4n) is 3.18. The Bertz CT molecular complexity index is 230. The minimum Gasteiger partial charge on any atom is -0.396 e. The normalized spacial score (nSPS) is 42.6. The zero-order valence-electron chi connectivity index (χ0n) is 9.27. The summed E-state index contributed by atoms with van der Waals surface area (Å²) in [6.45, 7) is 3.57. The van der Waals surface area contributed by atoms with Crippen LogP contribution in [0.2, 0.25) is 0 Å². The van der Waals surface area contributed by atoms with Gasteiger partial charge in [-0.25, -0.2) is 0 Å². The van der Waals surface area contributed by atoms with Crippen molar-refractivity contribution in [1.29, 1.82) is 0 Å². The molecular weight excluding hydrogens is 190 g/mol. The predicted octanol–water partition coefficient (Wildman–Crippen LogP) is 0.868. The number of hydrogen-bond acceptors (Lipinski definition) is 3. The maximum absolute atomic E-state index is 9.16. The van der Waals surface area contributed by atoms with Crippen molar-refractivity contribution in [3.05, 3.63) is 0 Å². The van der Waals surface area contributed by atoms with E-state index in [0.717, 1.165) is 19.1 Å². The smallest absolute Gasteiger partial charge is 0.0759 e. The maximum atomic E-state index is 9.16. The summed E-state index contributed by atoms with van der Waals surface area (Å²) in [5.41, 5.74) is 0. The quantitative estimate of drug-likeness (QED) is 0.752. The lowest BCUT2D eigenvalue weighted by Crippen LogP contribution is -2.40. The molecule has 3 unspecified atom stereocenters. The fourth-order valence-corrected chi connectivity index (χ4v) is 3.18. The molecule has 3 aliphatic rings. The summed E-state index contributed by atoms with van der Waals surface area (Å²) in [5.74, 6) is 1.37. The Morgan fingerprint density at radius 3 is 2.73 bits per heavy atom. The maximum Gasteiger partial charge on any atom is 0.0759 e. The van der Waals surface area contributed by atoms with Gasteiger partial charge in [-0.2, -0.15) is 0 Å². The number of hydrogen-bond donors (Lipinski definition) is 1. The molecule has 3 fully saturated rings. The van der Waals surface area contributed by atoms with Crippen molar-refractivity contribution >= 4 is 0 Å². The van der Waals surface area contributed by atoms with E-state index in [2.05, 4.69) is 4.90 Å². The van der Waals surface area contributed by atoms with Crippen molar-refractivity contribution in [2.75, 3.05) is 26.3 Å². The van der Waals surface area contributed by atoms with Gasteiger partial charge in [0.1, 0.15) is 0 Å². The van der Waals surface area contributed by atoms with Crippen LogP contribution in [0.15, 0.2) is 0 Å². The zero-order chi connectivity index (χ0) is 10.3. The Morgan fingerprint density at radius 2 is 2.07 bits per heavy atom. The van der Waals surface area contributed by atoms with E-state index < -0.39 is 0 Å². The number of likely N-dealkylation sites (tertiary alicyclic amines) is 1. The number of aliphatic hydroxyl groups excluding tert-OH is 1. The third kappa shape index (κ3) is 1.93. The van der Waals surface area contributed by atoms with Gasteiger partial charge in [0, 0.05) is 25.8 Å². The monoisotopic (exact) mass is 211 g/mol. The van der Waals surface area contributed by atoms with E-state index in [0.29, 0.717) is 24.7 Å². The molecule has 2 aliphatic heterocycles. The summed E-state index contributed by atoms with van der Waals surface area (Å²) in [5, 5.41) is 9.16. The second kappa shape index (κ2) is 4.04. The molecule has 1 saturated carbocycles. The van der Waals surface area contributed by atoms with Gasteiger partial charge in [0.25, 0.3) is 0 Å². The van der Waals surface area contributed by atoms with Gasteiger partial charge in [-0.1, -0.05) is 0 Å². The Hall–Kier alpha value is -0.120. The standard InChI is InChI=1S/C12H21NO2/c14-8-9-3-5-13(7-9)11-4-6-15-12(11)10-1-2-10/h9-12,14H,1-8H2. The van der Waals surface area contributed by atoms with Gasteiger partial charge in [0.15, 0.2) is 0 Å². The molecule has 1 aliphatic carbocycles. The first kappa shape index (κ1) is 10.1. The Kier molecular flexibility index (Phi) is 2.71. The van der Waals surface area contributed by atoms with Gasteiger partial charge in [-0.3, -0.25) is 4.90 Å². The molecule has 0 radical (unpaired) electrons. The second-order valence-corrected chi connectivity index (χ2v) is 5.36. The first-order valence-electron chi connectivity index (χ1n) is 6.35. The van der Waals surface area contributed by atoms with Gasteiger partial charge in [-0.05, 0) is 44.1 Å². The molecule has 3 atom stereocenters. The van der Waals surface area contributed by atoms with Crippen LogP contribution in [-0.2, 0) is 4.74 Å². The molecule has 0 spiro atoms. The van der Waals surface area contributed by atoms with Gasteiger partial charge in [0.05, 0.1) is 6.10 Å². The average Bonchev–Trinajstić information content (AvgIpc) is 2.83. The van der Waals surface area contributed by atoms with E-state index in [1.165, 1.54) is 32.2 Å². The SMILES string of the molecule is OCC1CCN(C2CCOC2C2CC2)C1. The van der Waals surface area contributed by atoms with Crippen LogP contribution in [0.1, 0.15) is 25.7 Å². The molecule has 1 N–H and O–H groups in total. The highest BCUT2D eigenvalue weighted by atomic mass is 16.5. The summed E-state index contributed by atoms with van der Waals surface area (Å²) in [4.78, 5) is 2.57. The van der Waals surface area contributed by atoms with E-state index in [4.69, 9.17) is 9.84 Å². The van der Waals surface area contributed by atoms with E-state index >= 15 is 0 Å². The van der Waals surface area contributed by atoms with Crippen molar-refractivity contribution in [3.63, 3.8) is 0 Å². The molecule has 2 heterocycles. The minimum atomic E-state index is 0.359. The Morgan fingerprint density at radius 1 is 1.20 bits per heavy atom. The van der Waals surface area contributed by atoms with Crippen molar-refractivity contribution in [1.82, 2.24) is 4.90 Å². The van der Waals surface area contributed by atoms with Gasteiger partial charge in [0.2, 0.25) is 0 Å². The van der Waals surface area contributed by atoms with Gasteiger partial charge in [-0.15, -0.1) is 0 Å². The van der Waals surface area contributed by atoms with E-state index in [1.807, 2.05) is 0 Å². The molecule has 3 heteroatoms. The molecule has 3 nitrogen and oxygen atoms in total. The Labute approximate surface area is 91.4 Å². The number of nitrogens with zero attached hydrogens (tertiary/aromatic N) is 1. The van der Waals surface area contributed by atoms with E-state index in [-0.39, 0.29) is 0 Å². The fraction of sp³-hybridized carbons (Fsp3) is 1.00. The molecule has 0 amide bonds. The van der Waals surface area contributed by atoms with Crippen LogP contribution in [0, 0.1) is 11.8 Å². The van der Waals surface area contributed by atoms with Crippen molar-refractivity contribution < 1.29 is 9.84 Å². The van der Waals surface area contributed by atoms with Crippen LogP contribution in [0.3, 0.4) is 0 Å². The van der Waals surface area contributed by atoms with Crippen LogP contribution < -0.4 is 0 Å². The summed E-state index contributed by atoms with van der Waals surface area (Å²) < 4.78 is 5.87. The lowest BCUT2D eigenvalue weighted by molar-refractivity contribution is 0.0510. The van der Waals surface area contributed by atoms with E-state index in [9.17, 15) is 0 Å². The van der Waals surface area contributed by atoms with Gasteiger partial charge >= 0.3 is 0 Å². The summed E-state index contributed by atoms with van der Waals surface area (Å²) >= 11 is 0. The van der Waals surface area contributed by atoms with Gasteiger partial charge < -0.3 is 9.84 Å². The third-order valence-electron chi connectivity index (χ3n) is 4.23. The van der Waals surface area contributed by atoms with Crippen LogP contribution in [-0.4, -0.2) is 48.5 Å². The largest absolute Gasteiger partial charge is 0.396 e. The molecular formula is C12H21NO2. The molecule has 3 rings (SSSR count). The molecule has 15 heavy (non-hydrogen) atoms. The molecule has 86 valence electrons. The number of aliphatic hydroxyl groups is 1. The minimum absolute atomic E-state index is 0.359. The molecule has 0 bridgehead atoms. The number of rotatable bonds is 3. The highest BCUT2D eigenvalue weighted by molar-refractivity contribution is 4.96. The first-order valence-corrected chi connectivity index (χ1v) is 6.35. The topological polar surface area (TPSA) is 32.7 Å². The van der Waals surface area contributed by atoms with Crippen LogP contribution >= 0.6 is 0 Å². The van der Waals surface area contributed by atoms with Crippen LogP contribution in [0.25, 0.3) is 0 Å². The lowest BCUT2D eigenvalue weighted by Gasteiger charge is -2.28.